The SMILES string of the molecule is CCC(C)(C)N(NC)C(C)(C)C. The van der Waals surface area contributed by atoms with Gasteiger partial charge in [0.1, 0.15) is 0 Å². The first-order valence-electron chi connectivity index (χ1n) is 4.73. The molecule has 0 aromatic rings. The maximum Gasteiger partial charge on any atom is 0.0301 e. The Kier molecular flexibility index (Phi) is 3.73. The summed E-state index contributed by atoms with van der Waals surface area (Å²) in [6.45, 7) is 13.4. The maximum absolute atomic E-state index is 3.27. The molecule has 0 unspecified atom stereocenters. The minimum atomic E-state index is 0.175. The molecule has 0 aliphatic rings. The van der Waals surface area contributed by atoms with E-state index in [0.29, 0.717) is 0 Å². The monoisotopic (exact) mass is 172 g/mol. The second-order valence-corrected chi connectivity index (χ2v) is 4.90. The van der Waals surface area contributed by atoms with Crippen LogP contribution in [0.1, 0.15) is 48.0 Å². The molecule has 0 saturated heterocycles. The van der Waals surface area contributed by atoms with E-state index in [2.05, 4.69) is 52.0 Å². The predicted molar refractivity (Wildman–Crippen MR) is 55.0 cm³/mol. The summed E-state index contributed by atoms with van der Waals surface area (Å²) in [5.74, 6) is 0. The van der Waals surface area contributed by atoms with Gasteiger partial charge >= 0.3 is 0 Å². The van der Waals surface area contributed by atoms with Gasteiger partial charge < -0.3 is 0 Å². The fourth-order valence-corrected chi connectivity index (χ4v) is 1.70. The van der Waals surface area contributed by atoms with E-state index in [4.69, 9.17) is 0 Å². The third kappa shape index (κ3) is 2.76. The van der Waals surface area contributed by atoms with Gasteiger partial charge in [-0.25, -0.2) is 5.01 Å². The van der Waals surface area contributed by atoms with Crippen LogP contribution < -0.4 is 5.43 Å². The van der Waals surface area contributed by atoms with Gasteiger partial charge in [0.25, 0.3) is 0 Å². The van der Waals surface area contributed by atoms with Gasteiger partial charge in [0, 0.05) is 11.1 Å². The Balaban J connectivity index is 4.56. The van der Waals surface area contributed by atoms with Crippen LogP contribution in [-0.4, -0.2) is 23.1 Å². The van der Waals surface area contributed by atoms with Crippen LogP contribution >= 0.6 is 0 Å². The van der Waals surface area contributed by atoms with E-state index in [9.17, 15) is 0 Å². The van der Waals surface area contributed by atoms with Gasteiger partial charge in [0.2, 0.25) is 0 Å². The molecule has 0 bridgehead atoms. The van der Waals surface area contributed by atoms with Gasteiger partial charge in [-0.15, -0.1) is 0 Å². The summed E-state index contributed by atoms with van der Waals surface area (Å²) in [6, 6.07) is 0. The molecule has 0 atom stereocenters. The smallest absolute Gasteiger partial charge is 0.0301 e. The minimum absolute atomic E-state index is 0.175. The van der Waals surface area contributed by atoms with Crippen LogP contribution in [0, 0.1) is 0 Å². The zero-order valence-corrected chi connectivity index (χ0v) is 9.65. The Morgan fingerprint density at radius 1 is 1.08 bits per heavy atom. The van der Waals surface area contributed by atoms with Crippen molar-refractivity contribution >= 4 is 0 Å². The average Bonchev–Trinajstić information content (AvgIpc) is 1.85. The van der Waals surface area contributed by atoms with Crippen molar-refractivity contribution in [3.05, 3.63) is 0 Å². The van der Waals surface area contributed by atoms with Crippen LogP contribution in [0.5, 0.6) is 0 Å². The molecule has 12 heavy (non-hydrogen) atoms. The first kappa shape index (κ1) is 11.9. The largest absolute Gasteiger partial charge is 0.257 e. The highest BCUT2D eigenvalue weighted by Crippen LogP contribution is 2.24. The van der Waals surface area contributed by atoms with Gasteiger partial charge in [-0.2, -0.15) is 0 Å². The van der Waals surface area contributed by atoms with Crippen LogP contribution in [0.25, 0.3) is 0 Å². The number of hydrazine groups is 1. The highest BCUT2D eigenvalue weighted by atomic mass is 15.6. The highest BCUT2D eigenvalue weighted by Gasteiger charge is 2.32. The Labute approximate surface area is 77.3 Å². The quantitative estimate of drug-likeness (QED) is 0.658. The molecule has 2 heteroatoms. The van der Waals surface area contributed by atoms with E-state index in [1.807, 2.05) is 7.05 Å². The van der Waals surface area contributed by atoms with Crippen molar-refractivity contribution in [1.82, 2.24) is 10.4 Å². The van der Waals surface area contributed by atoms with Gasteiger partial charge in [-0.3, -0.25) is 5.43 Å². The molecule has 0 aliphatic carbocycles. The molecule has 1 N–H and O–H groups in total. The number of nitrogens with one attached hydrogen (secondary N) is 1. The van der Waals surface area contributed by atoms with Crippen molar-refractivity contribution in [3.8, 4) is 0 Å². The third-order valence-electron chi connectivity index (χ3n) is 2.36. The van der Waals surface area contributed by atoms with Gasteiger partial charge in [-0.1, -0.05) is 6.92 Å². The third-order valence-corrected chi connectivity index (χ3v) is 2.36. The lowest BCUT2D eigenvalue weighted by Gasteiger charge is -2.46. The molecule has 2 nitrogen and oxygen atoms in total. The van der Waals surface area contributed by atoms with E-state index >= 15 is 0 Å². The number of rotatable bonds is 3. The summed E-state index contributed by atoms with van der Waals surface area (Å²) in [6.07, 6.45) is 1.14. The highest BCUT2D eigenvalue weighted by molar-refractivity contribution is 4.85. The minimum Gasteiger partial charge on any atom is -0.257 e. The first-order chi connectivity index (χ1) is 5.25. The molecular formula is C10H24N2. The van der Waals surface area contributed by atoms with Crippen LogP contribution in [0.2, 0.25) is 0 Å². The number of hydrogen-bond donors (Lipinski definition) is 1. The fourth-order valence-electron chi connectivity index (χ4n) is 1.70. The molecule has 0 heterocycles. The number of nitrogens with zero attached hydrogens (tertiary/aromatic N) is 1. The zero-order valence-electron chi connectivity index (χ0n) is 9.65. The van der Waals surface area contributed by atoms with E-state index in [1.54, 1.807) is 0 Å². The lowest BCUT2D eigenvalue weighted by molar-refractivity contribution is -0.0180. The van der Waals surface area contributed by atoms with Crippen molar-refractivity contribution in [2.24, 2.45) is 0 Å². The van der Waals surface area contributed by atoms with Crippen molar-refractivity contribution in [3.63, 3.8) is 0 Å². The van der Waals surface area contributed by atoms with E-state index in [1.165, 1.54) is 0 Å². The Hall–Kier alpha value is -0.0800. The molecule has 0 aromatic heterocycles. The second-order valence-electron chi connectivity index (χ2n) is 4.90. The average molecular weight is 172 g/mol. The Bertz CT molecular complexity index is 133. The molecule has 0 amide bonds. The molecule has 0 fully saturated rings. The lowest BCUT2D eigenvalue weighted by Crippen LogP contribution is -2.59. The van der Waals surface area contributed by atoms with E-state index in [-0.39, 0.29) is 11.1 Å². The summed E-state index contributed by atoms with van der Waals surface area (Å²) in [4.78, 5) is 0. The van der Waals surface area contributed by atoms with Crippen molar-refractivity contribution in [2.75, 3.05) is 7.05 Å². The first-order valence-corrected chi connectivity index (χ1v) is 4.73. The molecule has 0 saturated carbocycles. The van der Waals surface area contributed by atoms with Gasteiger partial charge in [0.15, 0.2) is 0 Å². The summed E-state index contributed by atoms with van der Waals surface area (Å²) in [5.41, 5.74) is 3.66. The van der Waals surface area contributed by atoms with Crippen LogP contribution in [0.4, 0.5) is 0 Å². The van der Waals surface area contributed by atoms with E-state index < -0.39 is 0 Å². The Morgan fingerprint density at radius 3 is 1.58 bits per heavy atom. The van der Waals surface area contributed by atoms with Crippen molar-refractivity contribution < 1.29 is 0 Å². The molecule has 0 spiro atoms. The normalized spacial score (nSPS) is 14.0. The summed E-state index contributed by atoms with van der Waals surface area (Å²) >= 11 is 0. The lowest BCUT2D eigenvalue weighted by atomic mass is 9.95. The molecule has 0 rings (SSSR count). The maximum atomic E-state index is 3.27. The van der Waals surface area contributed by atoms with Crippen LogP contribution in [0.15, 0.2) is 0 Å². The van der Waals surface area contributed by atoms with Crippen LogP contribution in [0.3, 0.4) is 0 Å². The second kappa shape index (κ2) is 3.75. The molecule has 0 aromatic carbocycles. The zero-order chi connectivity index (χ0) is 9.99. The summed E-state index contributed by atoms with van der Waals surface area (Å²) in [5, 5.41) is 2.31. The molecule has 0 aliphatic heterocycles. The van der Waals surface area contributed by atoms with E-state index in [0.717, 1.165) is 6.42 Å². The summed E-state index contributed by atoms with van der Waals surface area (Å²) < 4.78 is 0. The van der Waals surface area contributed by atoms with Crippen molar-refractivity contribution in [2.45, 2.75) is 59.0 Å². The van der Waals surface area contributed by atoms with Crippen LogP contribution in [-0.2, 0) is 0 Å². The Morgan fingerprint density at radius 2 is 1.50 bits per heavy atom. The van der Waals surface area contributed by atoms with Crippen molar-refractivity contribution in [1.29, 1.82) is 0 Å². The van der Waals surface area contributed by atoms with Gasteiger partial charge in [0.05, 0.1) is 0 Å². The standard InChI is InChI=1S/C10H24N2/c1-8-10(5,6)12(11-7)9(2,3)4/h11H,8H2,1-7H3. The topological polar surface area (TPSA) is 15.3 Å². The summed E-state index contributed by atoms with van der Waals surface area (Å²) in [7, 11) is 1.99. The fraction of sp³-hybridized carbons (Fsp3) is 1.00. The molecule has 74 valence electrons. The predicted octanol–water partition coefficient (Wildman–Crippen LogP) is 2.41. The molecular weight excluding hydrogens is 148 g/mol. The molecule has 0 radical (unpaired) electrons. The number of hydrogen-bond acceptors (Lipinski definition) is 2. The van der Waals surface area contributed by atoms with Gasteiger partial charge in [-0.05, 0) is 48.1 Å².